The number of rotatable bonds is 9. The SMILES string of the molecule is CC[C@@H](C(=O)Nc1ccc(S(=O)(=O)Nc2ccccn2)cc1)N(c1cccc(Cl)c1)S(C)(=O)=O. The molecule has 1 heterocycles. The molecule has 1 amide bonds. The zero-order valence-electron chi connectivity index (χ0n) is 18.3. The molecule has 180 valence electrons. The number of nitrogens with one attached hydrogen (secondary N) is 2. The Morgan fingerprint density at radius 1 is 1.03 bits per heavy atom. The summed E-state index contributed by atoms with van der Waals surface area (Å²) >= 11 is 6.02. The Balaban J connectivity index is 1.80. The summed E-state index contributed by atoms with van der Waals surface area (Å²) in [5.41, 5.74) is 0.568. The molecule has 1 atom stereocenters. The Morgan fingerprint density at radius 3 is 2.29 bits per heavy atom. The van der Waals surface area contributed by atoms with Gasteiger partial charge in [-0.2, -0.15) is 0 Å². The zero-order chi connectivity index (χ0) is 24.9. The molecule has 12 heteroatoms. The van der Waals surface area contributed by atoms with Crippen LogP contribution < -0.4 is 14.3 Å². The third-order valence-electron chi connectivity index (χ3n) is 4.73. The van der Waals surface area contributed by atoms with Crippen molar-refractivity contribution < 1.29 is 21.6 Å². The first-order valence-electron chi connectivity index (χ1n) is 10.1. The molecule has 0 saturated heterocycles. The maximum absolute atomic E-state index is 13.0. The Kier molecular flexibility index (Phi) is 7.80. The Hall–Kier alpha value is -3.15. The van der Waals surface area contributed by atoms with Gasteiger partial charge in [-0.05, 0) is 61.0 Å². The summed E-state index contributed by atoms with van der Waals surface area (Å²) in [4.78, 5) is 16.9. The summed E-state index contributed by atoms with van der Waals surface area (Å²) in [7, 11) is -7.70. The largest absolute Gasteiger partial charge is 0.324 e. The summed E-state index contributed by atoms with van der Waals surface area (Å²) in [6.07, 6.45) is 2.66. The van der Waals surface area contributed by atoms with Gasteiger partial charge in [0.2, 0.25) is 15.9 Å². The predicted octanol–water partition coefficient (Wildman–Crippen LogP) is 3.72. The highest BCUT2D eigenvalue weighted by Crippen LogP contribution is 2.26. The highest BCUT2D eigenvalue weighted by atomic mass is 35.5. The highest BCUT2D eigenvalue weighted by molar-refractivity contribution is 7.92. The fourth-order valence-corrected chi connectivity index (χ4v) is 5.63. The molecular weight excluding hydrogens is 500 g/mol. The molecule has 0 aliphatic carbocycles. The van der Waals surface area contributed by atoms with Gasteiger partial charge in [-0.3, -0.25) is 13.8 Å². The van der Waals surface area contributed by atoms with Crippen LogP contribution in [0.4, 0.5) is 17.2 Å². The van der Waals surface area contributed by atoms with E-state index in [0.29, 0.717) is 10.7 Å². The van der Waals surface area contributed by atoms with Crippen LogP contribution in [-0.4, -0.2) is 40.0 Å². The number of carbonyl (C=O) groups excluding carboxylic acids is 1. The van der Waals surface area contributed by atoms with E-state index < -0.39 is 32.0 Å². The molecule has 2 aromatic carbocycles. The number of nitrogens with zero attached hydrogens (tertiary/aromatic N) is 2. The molecule has 0 fully saturated rings. The fourth-order valence-electron chi connectivity index (χ4n) is 3.24. The molecule has 3 rings (SSSR count). The average Bonchev–Trinajstić information content (AvgIpc) is 2.77. The number of carbonyl (C=O) groups is 1. The van der Waals surface area contributed by atoms with Gasteiger partial charge in [-0.25, -0.2) is 21.8 Å². The van der Waals surface area contributed by atoms with E-state index in [-0.39, 0.29) is 22.8 Å². The van der Waals surface area contributed by atoms with Gasteiger partial charge in [0.1, 0.15) is 11.9 Å². The number of hydrogen-bond acceptors (Lipinski definition) is 6. The number of amides is 1. The van der Waals surface area contributed by atoms with E-state index in [1.807, 2.05) is 0 Å². The lowest BCUT2D eigenvalue weighted by molar-refractivity contribution is -0.117. The lowest BCUT2D eigenvalue weighted by Gasteiger charge is -2.30. The fraction of sp³-hybridized carbons (Fsp3) is 0.182. The molecule has 0 radical (unpaired) electrons. The first-order chi connectivity index (χ1) is 16.0. The third-order valence-corrected chi connectivity index (χ3v) is 7.51. The first kappa shape index (κ1) is 25.5. The summed E-state index contributed by atoms with van der Waals surface area (Å²) < 4.78 is 53.5. The van der Waals surface area contributed by atoms with Crippen LogP contribution in [0.25, 0.3) is 0 Å². The molecule has 0 spiro atoms. The summed E-state index contributed by atoms with van der Waals surface area (Å²) in [5, 5.41) is 2.98. The van der Waals surface area contributed by atoms with Crippen molar-refractivity contribution in [2.45, 2.75) is 24.3 Å². The van der Waals surface area contributed by atoms with Crippen LogP contribution >= 0.6 is 11.6 Å². The monoisotopic (exact) mass is 522 g/mol. The molecule has 1 aromatic heterocycles. The van der Waals surface area contributed by atoms with E-state index in [4.69, 9.17) is 11.6 Å². The number of pyridine rings is 1. The van der Waals surface area contributed by atoms with Crippen LogP contribution in [0.2, 0.25) is 5.02 Å². The lowest BCUT2D eigenvalue weighted by Crippen LogP contribution is -2.47. The molecule has 0 saturated carbocycles. The molecule has 34 heavy (non-hydrogen) atoms. The third kappa shape index (κ3) is 6.25. The van der Waals surface area contributed by atoms with Crippen LogP contribution in [-0.2, 0) is 24.8 Å². The smallest absolute Gasteiger partial charge is 0.263 e. The minimum atomic E-state index is -3.88. The quantitative estimate of drug-likeness (QED) is 0.441. The highest BCUT2D eigenvalue weighted by Gasteiger charge is 2.31. The standard InChI is InChI=1S/C22H23ClN4O5S2/c1-3-20(27(33(2,29)30)18-8-6-7-16(23)15-18)22(28)25-17-10-12-19(13-11-17)34(31,32)26-21-9-4-5-14-24-21/h4-15,20H,3H2,1-2H3,(H,24,26)(H,25,28)/t20-/m0/s1. The summed E-state index contributed by atoms with van der Waals surface area (Å²) in [6.45, 7) is 1.69. The van der Waals surface area contributed by atoms with Gasteiger partial charge < -0.3 is 5.32 Å². The van der Waals surface area contributed by atoms with Gasteiger partial charge in [-0.15, -0.1) is 0 Å². The van der Waals surface area contributed by atoms with E-state index in [0.717, 1.165) is 10.6 Å². The van der Waals surface area contributed by atoms with Crippen LogP contribution in [0.3, 0.4) is 0 Å². The zero-order valence-corrected chi connectivity index (χ0v) is 20.7. The van der Waals surface area contributed by atoms with E-state index in [9.17, 15) is 21.6 Å². The van der Waals surface area contributed by atoms with Crippen molar-refractivity contribution in [3.63, 3.8) is 0 Å². The minimum Gasteiger partial charge on any atom is -0.324 e. The molecule has 0 bridgehead atoms. The van der Waals surface area contributed by atoms with Gasteiger partial charge in [0, 0.05) is 16.9 Å². The van der Waals surface area contributed by atoms with E-state index in [1.54, 1.807) is 37.3 Å². The lowest BCUT2D eigenvalue weighted by atomic mass is 10.2. The van der Waals surface area contributed by atoms with E-state index in [1.165, 1.54) is 42.6 Å². The number of halogens is 1. The van der Waals surface area contributed by atoms with Gasteiger partial charge in [0.05, 0.1) is 16.8 Å². The van der Waals surface area contributed by atoms with E-state index in [2.05, 4.69) is 15.0 Å². The number of hydrogen-bond donors (Lipinski definition) is 2. The number of sulfonamides is 2. The molecule has 2 N–H and O–H groups in total. The first-order valence-corrected chi connectivity index (χ1v) is 13.8. The second-order valence-electron chi connectivity index (χ2n) is 7.30. The van der Waals surface area contributed by atoms with Crippen molar-refractivity contribution in [3.05, 3.63) is 77.9 Å². The van der Waals surface area contributed by atoms with Crippen LogP contribution in [0.15, 0.2) is 77.8 Å². The van der Waals surface area contributed by atoms with Gasteiger partial charge >= 0.3 is 0 Å². The Morgan fingerprint density at radius 2 is 1.74 bits per heavy atom. The van der Waals surface area contributed by atoms with Crippen molar-refractivity contribution >= 4 is 54.7 Å². The normalized spacial score (nSPS) is 12.6. The molecular formula is C22H23ClN4O5S2. The summed E-state index contributed by atoms with van der Waals surface area (Å²) in [6, 6.07) is 15.5. The van der Waals surface area contributed by atoms with E-state index >= 15 is 0 Å². The molecule has 0 aliphatic heterocycles. The number of aromatic nitrogens is 1. The molecule has 3 aromatic rings. The molecule has 0 aliphatic rings. The van der Waals surface area contributed by atoms with Crippen LogP contribution in [0, 0.1) is 0 Å². The van der Waals surface area contributed by atoms with Crippen molar-refractivity contribution in [2.75, 3.05) is 20.6 Å². The average molecular weight is 523 g/mol. The van der Waals surface area contributed by atoms with Crippen molar-refractivity contribution in [1.82, 2.24) is 4.98 Å². The second-order valence-corrected chi connectivity index (χ2v) is 11.3. The minimum absolute atomic E-state index is 0.0279. The second kappa shape index (κ2) is 10.4. The topological polar surface area (TPSA) is 126 Å². The van der Waals surface area contributed by atoms with Crippen LogP contribution in [0.5, 0.6) is 0 Å². The van der Waals surface area contributed by atoms with Crippen LogP contribution in [0.1, 0.15) is 13.3 Å². The van der Waals surface area contributed by atoms with Crippen molar-refractivity contribution in [2.24, 2.45) is 0 Å². The number of benzene rings is 2. The van der Waals surface area contributed by atoms with Crippen molar-refractivity contribution in [3.8, 4) is 0 Å². The maximum atomic E-state index is 13.0. The predicted molar refractivity (Wildman–Crippen MR) is 133 cm³/mol. The summed E-state index contributed by atoms with van der Waals surface area (Å²) in [5.74, 6) is -0.400. The Bertz CT molecular complexity index is 1370. The molecule has 0 unspecified atom stereocenters. The molecule has 9 nitrogen and oxygen atoms in total. The number of anilines is 3. The van der Waals surface area contributed by atoms with Gasteiger partial charge in [-0.1, -0.05) is 30.7 Å². The Labute approximate surface area is 203 Å². The van der Waals surface area contributed by atoms with Crippen molar-refractivity contribution in [1.29, 1.82) is 0 Å². The van der Waals surface area contributed by atoms with Gasteiger partial charge in [0.15, 0.2) is 0 Å². The van der Waals surface area contributed by atoms with Gasteiger partial charge in [0.25, 0.3) is 10.0 Å². The maximum Gasteiger partial charge on any atom is 0.263 e.